The number of ether oxygens (including phenoxy) is 1. The van der Waals surface area contributed by atoms with E-state index < -0.39 is 5.54 Å². The molecule has 0 spiro atoms. The third-order valence-corrected chi connectivity index (χ3v) is 2.81. The summed E-state index contributed by atoms with van der Waals surface area (Å²) < 4.78 is 4.81. The normalized spacial score (nSPS) is 28.2. The second kappa shape index (κ2) is 2.45. The first kappa shape index (κ1) is 7.54. The van der Waals surface area contributed by atoms with Crippen LogP contribution in [0.3, 0.4) is 0 Å². The van der Waals surface area contributed by atoms with Gasteiger partial charge in [0, 0.05) is 11.6 Å². The summed E-state index contributed by atoms with van der Waals surface area (Å²) in [5.74, 6) is 0. The Morgan fingerprint density at radius 1 is 1.83 bits per heavy atom. The highest BCUT2D eigenvalue weighted by Crippen LogP contribution is 2.26. The number of cyclic esters (lactones) is 1. The monoisotopic (exact) mass is 184 g/mol. The highest BCUT2D eigenvalue weighted by molar-refractivity contribution is 7.09. The molecule has 2 rings (SSSR count). The molecule has 5 heteroatoms. The van der Waals surface area contributed by atoms with Gasteiger partial charge in [-0.2, -0.15) is 0 Å². The van der Waals surface area contributed by atoms with Crippen molar-refractivity contribution in [2.75, 3.05) is 6.61 Å². The molecule has 2 heterocycles. The van der Waals surface area contributed by atoms with Gasteiger partial charge >= 0.3 is 6.09 Å². The summed E-state index contributed by atoms with van der Waals surface area (Å²) in [6.07, 6.45) is 1.35. The van der Waals surface area contributed by atoms with E-state index in [9.17, 15) is 4.79 Å². The summed E-state index contributed by atoms with van der Waals surface area (Å²) >= 11 is 1.52. The number of carbonyl (C=O) groups is 1. The first-order valence-electron chi connectivity index (χ1n) is 3.56. The van der Waals surface area contributed by atoms with Crippen LogP contribution in [0.5, 0.6) is 0 Å². The molecule has 1 aromatic rings. The molecule has 1 aliphatic rings. The van der Waals surface area contributed by atoms with Crippen molar-refractivity contribution in [3.05, 3.63) is 16.6 Å². The van der Waals surface area contributed by atoms with E-state index in [1.807, 2.05) is 12.3 Å². The van der Waals surface area contributed by atoms with Gasteiger partial charge in [0.15, 0.2) is 0 Å². The van der Waals surface area contributed by atoms with Gasteiger partial charge in [-0.1, -0.05) is 0 Å². The molecule has 0 radical (unpaired) electrons. The second-order valence-electron chi connectivity index (χ2n) is 2.87. The molecule has 1 N–H and O–H groups in total. The van der Waals surface area contributed by atoms with Crippen LogP contribution < -0.4 is 5.32 Å². The van der Waals surface area contributed by atoms with Gasteiger partial charge in [-0.05, 0) is 6.92 Å². The van der Waals surface area contributed by atoms with Gasteiger partial charge < -0.3 is 10.1 Å². The van der Waals surface area contributed by atoms with E-state index in [4.69, 9.17) is 4.74 Å². The first-order chi connectivity index (χ1) is 5.71. The lowest BCUT2D eigenvalue weighted by Crippen LogP contribution is -2.36. The Bertz CT molecular complexity index is 298. The Labute approximate surface area is 73.6 Å². The van der Waals surface area contributed by atoms with Gasteiger partial charge in [0.1, 0.15) is 17.2 Å². The number of hydrogen-bond donors (Lipinski definition) is 1. The standard InChI is InChI=1S/C7H8N2O2S/c1-7(4-11-6(10)9-7)5-8-2-3-12-5/h2-3H,4H2,1H3,(H,9,10). The highest BCUT2D eigenvalue weighted by atomic mass is 32.1. The van der Waals surface area contributed by atoms with E-state index in [0.717, 1.165) is 5.01 Å². The van der Waals surface area contributed by atoms with Gasteiger partial charge in [0.05, 0.1) is 0 Å². The maximum atomic E-state index is 10.8. The molecule has 0 saturated carbocycles. The average Bonchev–Trinajstić information content (AvgIpc) is 2.59. The number of amides is 1. The molecule has 1 aromatic heterocycles. The van der Waals surface area contributed by atoms with E-state index in [1.165, 1.54) is 11.3 Å². The van der Waals surface area contributed by atoms with Crippen molar-refractivity contribution in [1.82, 2.24) is 10.3 Å². The lowest BCUT2D eigenvalue weighted by atomic mass is 10.1. The van der Waals surface area contributed by atoms with Crippen molar-refractivity contribution in [2.45, 2.75) is 12.5 Å². The lowest BCUT2D eigenvalue weighted by Gasteiger charge is -2.16. The van der Waals surface area contributed by atoms with Gasteiger partial charge in [-0.15, -0.1) is 11.3 Å². The maximum absolute atomic E-state index is 10.8. The van der Waals surface area contributed by atoms with Crippen molar-refractivity contribution in [2.24, 2.45) is 0 Å². The molecule has 1 atom stereocenters. The fourth-order valence-corrected chi connectivity index (χ4v) is 1.86. The predicted octanol–water partition coefficient (Wildman–Crippen LogP) is 1.10. The molecule has 1 unspecified atom stereocenters. The van der Waals surface area contributed by atoms with Crippen LogP contribution in [-0.4, -0.2) is 17.7 Å². The highest BCUT2D eigenvalue weighted by Gasteiger charge is 2.38. The van der Waals surface area contributed by atoms with Crippen LogP contribution in [0.2, 0.25) is 0 Å². The van der Waals surface area contributed by atoms with Crippen LogP contribution in [-0.2, 0) is 10.3 Å². The molecular formula is C7H8N2O2S. The third-order valence-electron chi connectivity index (χ3n) is 1.77. The van der Waals surface area contributed by atoms with Gasteiger partial charge in [0.25, 0.3) is 0 Å². The average molecular weight is 184 g/mol. The minimum absolute atomic E-state index is 0.360. The number of aromatic nitrogens is 1. The number of rotatable bonds is 1. The quantitative estimate of drug-likeness (QED) is 0.711. The number of nitrogens with zero attached hydrogens (tertiary/aromatic N) is 1. The fourth-order valence-electron chi connectivity index (χ4n) is 1.12. The third kappa shape index (κ3) is 1.06. The Balaban J connectivity index is 2.28. The predicted molar refractivity (Wildman–Crippen MR) is 43.9 cm³/mol. The molecule has 0 bridgehead atoms. The lowest BCUT2D eigenvalue weighted by molar-refractivity contribution is 0.173. The Morgan fingerprint density at radius 3 is 3.17 bits per heavy atom. The van der Waals surface area contributed by atoms with Crippen LogP contribution in [0.1, 0.15) is 11.9 Å². The summed E-state index contributed by atoms with van der Waals surface area (Å²) in [4.78, 5) is 14.9. The summed E-state index contributed by atoms with van der Waals surface area (Å²) in [6, 6.07) is 0. The zero-order chi connectivity index (χ0) is 8.60. The number of hydrogen-bond acceptors (Lipinski definition) is 4. The molecule has 1 saturated heterocycles. The SMILES string of the molecule is CC1(c2nccs2)COC(=O)N1. The number of thiazole rings is 1. The minimum atomic E-state index is -0.425. The Morgan fingerprint density at radius 2 is 2.67 bits per heavy atom. The number of alkyl carbamates (subject to hydrolysis) is 1. The maximum Gasteiger partial charge on any atom is 0.408 e. The summed E-state index contributed by atoms with van der Waals surface area (Å²) in [5, 5.41) is 5.48. The van der Waals surface area contributed by atoms with Gasteiger partial charge in [-0.3, -0.25) is 0 Å². The van der Waals surface area contributed by atoms with Crippen LogP contribution in [0, 0.1) is 0 Å². The van der Waals surface area contributed by atoms with Crippen LogP contribution in [0.15, 0.2) is 11.6 Å². The first-order valence-corrected chi connectivity index (χ1v) is 4.44. The van der Waals surface area contributed by atoms with Crippen molar-refractivity contribution in [3.63, 3.8) is 0 Å². The van der Waals surface area contributed by atoms with Crippen LogP contribution in [0.25, 0.3) is 0 Å². The van der Waals surface area contributed by atoms with E-state index in [1.54, 1.807) is 6.20 Å². The topological polar surface area (TPSA) is 51.2 Å². The fraction of sp³-hybridized carbons (Fsp3) is 0.429. The molecule has 12 heavy (non-hydrogen) atoms. The van der Waals surface area contributed by atoms with E-state index in [0.29, 0.717) is 6.61 Å². The summed E-state index contributed by atoms with van der Waals surface area (Å²) in [5.41, 5.74) is -0.425. The van der Waals surface area contributed by atoms with E-state index in [2.05, 4.69) is 10.3 Å². The minimum Gasteiger partial charge on any atom is -0.447 e. The number of carbonyl (C=O) groups excluding carboxylic acids is 1. The van der Waals surface area contributed by atoms with Crippen molar-refractivity contribution in [1.29, 1.82) is 0 Å². The van der Waals surface area contributed by atoms with Crippen molar-refractivity contribution in [3.8, 4) is 0 Å². The molecular weight excluding hydrogens is 176 g/mol. The van der Waals surface area contributed by atoms with Crippen LogP contribution >= 0.6 is 11.3 Å². The van der Waals surface area contributed by atoms with Gasteiger partial charge in [0.2, 0.25) is 0 Å². The van der Waals surface area contributed by atoms with Gasteiger partial charge in [-0.25, -0.2) is 9.78 Å². The molecule has 0 aliphatic carbocycles. The molecule has 1 fully saturated rings. The summed E-state index contributed by atoms with van der Waals surface area (Å²) in [7, 11) is 0. The Kier molecular flexibility index (Phi) is 1.54. The largest absolute Gasteiger partial charge is 0.447 e. The molecule has 4 nitrogen and oxygen atoms in total. The zero-order valence-electron chi connectivity index (χ0n) is 6.53. The molecule has 1 amide bonds. The second-order valence-corrected chi connectivity index (χ2v) is 3.77. The zero-order valence-corrected chi connectivity index (χ0v) is 7.35. The molecule has 0 aromatic carbocycles. The molecule has 64 valence electrons. The summed E-state index contributed by atoms with van der Waals surface area (Å²) in [6.45, 7) is 2.26. The molecule has 1 aliphatic heterocycles. The van der Waals surface area contributed by atoms with E-state index in [-0.39, 0.29) is 6.09 Å². The van der Waals surface area contributed by atoms with Crippen LogP contribution in [0.4, 0.5) is 4.79 Å². The van der Waals surface area contributed by atoms with Crippen molar-refractivity contribution >= 4 is 17.4 Å². The number of nitrogens with one attached hydrogen (secondary N) is 1. The van der Waals surface area contributed by atoms with E-state index >= 15 is 0 Å². The Hall–Kier alpha value is -1.10. The van der Waals surface area contributed by atoms with Crippen molar-refractivity contribution < 1.29 is 9.53 Å². The smallest absolute Gasteiger partial charge is 0.408 e.